The lowest BCUT2D eigenvalue weighted by Crippen LogP contribution is -2.45. The highest BCUT2D eigenvalue weighted by molar-refractivity contribution is 7.81. The summed E-state index contributed by atoms with van der Waals surface area (Å²) in [7, 11) is 0. The number of thiol groups is 1. The Kier molecular flexibility index (Phi) is 6.24. The zero-order valence-electron chi connectivity index (χ0n) is 16.7. The molecule has 0 aromatic heterocycles. The SMILES string of the molecule is CC(C)(S)CC(=O)N/N=C1/CCCc2cc(N(C(=O)O)C(C)(C)C)ccc21. The maximum atomic E-state index is 12.0. The molecule has 0 saturated carbocycles. The number of carbonyl (C=O) groups excluding carboxylic acids is 1. The quantitative estimate of drug-likeness (QED) is 0.531. The summed E-state index contributed by atoms with van der Waals surface area (Å²) in [5.41, 5.74) is 5.58. The lowest BCUT2D eigenvalue weighted by molar-refractivity contribution is -0.121. The molecule has 0 aliphatic heterocycles. The van der Waals surface area contributed by atoms with Gasteiger partial charge in [0.15, 0.2) is 0 Å². The second kappa shape index (κ2) is 7.92. The summed E-state index contributed by atoms with van der Waals surface area (Å²) in [5, 5.41) is 13.9. The second-order valence-electron chi connectivity index (χ2n) is 8.57. The fourth-order valence-electron chi connectivity index (χ4n) is 3.25. The minimum absolute atomic E-state index is 0.170. The van der Waals surface area contributed by atoms with Crippen LogP contribution in [0, 0.1) is 0 Å². The fraction of sp³-hybridized carbons (Fsp3) is 0.550. The third kappa shape index (κ3) is 5.73. The maximum absolute atomic E-state index is 12.0. The van der Waals surface area contributed by atoms with Gasteiger partial charge in [0.05, 0.1) is 5.71 Å². The minimum atomic E-state index is -0.978. The van der Waals surface area contributed by atoms with E-state index in [0.29, 0.717) is 5.69 Å². The van der Waals surface area contributed by atoms with Gasteiger partial charge in [-0.25, -0.2) is 10.2 Å². The van der Waals surface area contributed by atoms with Gasteiger partial charge in [0, 0.05) is 28.0 Å². The van der Waals surface area contributed by atoms with Crippen LogP contribution in [0.25, 0.3) is 0 Å². The van der Waals surface area contributed by atoms with Crippen molar-refractivity contribution in [3.63, 3.8) is 0 Å². The molecular weight excluding hydrogens is 362 g/mol. The predicted octanol–water partition coefficient (Wildman–Crippen LogP) is 4.22. The van der Waals surface area contributed by atoms with Gasteiger partial charge >= 0.3 is 6.09 Å². The van der Waals surface area contributed by atoms with Crippen LogP contribution >= 0.6 is 12.6 Å². The van der Waals surface area contributed by atoms with E-state index >= 15 is 0 Å². The van der Waals surface area contributed by atoms with E-state index in [0.717, 1.165) is 36.1 Å². The number of fused-ring (bicyclic) bond motifs is 1. The Morgan fingerprint density at radius 2 is 1.89 bits per heavy atom. The summed E-state index contributed by atoms with van der Waals surface area (Å²) in [6.45, 7) is 9.36. The first-order valence-corrected chi connectivity index (χ1v) is 9.57. The van der Waals surface area contributed by atoms with E-state index in [2.05, 4.69) is 23.2 Å². The zero-order valence-corrected chi connectivity index (χ0v) is 17.6. The number of benzene rings is 1. The monoisotopic (exact) mass is 391 g/mol. The molecule has 1 aromatic rings. The van der Waals surface area contributed by atoms with E-state index in [4.69, 9.17) is 0 Å². The second-order valence-corrected chi connectivity index (χ2v) is 9.78. The van der Waals surface area contributed by atoms with Gasteiger partial charge in [0.2, 0.25) is 5.91 Å². The number of nitrogens with zero attached hydrogens (tertiary/aromatic N) is 2. The third-order valence-electron chi connectivity index (χ3n) is 4.29. The normalized spacial score (nSPS) is 16.0. The summed E-state index contributed by atoms with van der Waals surface area (Å²) in [6.07, 6.45) is 1.84. The molecule has 2 amide bonds. The Balaban J connectivity index is 2.27. The van der Waals surface area contributed by atoms with Crippen LogP contribution in [0.1, 0.15) is 65.0 Å². The molecule has 0 spiro atoms. The summed E-state index contributed by atoms with van der Waals surface area (Å²) >= 11 is 4.37. The summed E-state index contributed by atoms with van der Waals surface area (Å²) < 4.78 is -0.392. The van der Waals surface area contributed by atoms with Crippen molar-refractivity contribution in [1.29, 1.82) is 0 Å². The molecule has 1 aromatic carbocycles. The lowest BCUT2D eigenvalue weighted by Gasteiger charge is -2.34. The van der Waals surface area contributed by atoms with Gasteiger partial charge in [-0.1, -0.05) is 19.9 Å². The van der Waals surface area contributed by atoms with E-state index in [1.807, 2.05) is 46.8 Å². The highest BCUT2D eigenvalue weighted by Gasteiger charge is 2.29. The van der Waals surface area contributed by atoms with Crippen molar-refractivity contribution in [1.82, 2.24) is 5.43 Å². The summed E-state index contributed by atoms with van der Waals surface area (Å²) in [5.74, 6) is -0.170. The van der Waals surface area contributed by atoms with Gasteiger partial charge in [-0.15, -0.1) is 0 Å². The molecule has 2 N–H and O–H groups in total. The number of carbonyl (C=O) groups is 2. The third-order valence-corrected chi connectivity index (χ3v) is 4.45. The van der Waals surface area contributed by atoms with Crippen LogP contribution in [0.5, 0.6) is 0 Å². The average Bonchev–Trinajstić information content (AvgIpc) is 2.49. The predicted molar refractivity (Wildman–Crippen MR) is 112 cm³/mol. The van der Waals surface area contributed by atoms with Gasteiger partial charge in [-0.05, 0) is 57.7 Å². The van der Waals surface area contributed by atoms with Crippen molar-refractivity contribution in [2.75, 3.05) is 4.90 Å². The first kappa shape index (κ1) is 21.3. The van der Waals surface area contributed by atoms with Crippen LogP contribution in [0.4, 0.5) is 10.5 Å². The molecule has 6 nitrogen and oxygen atoms in total. The van der Waals surface area contributed by atoms with Crippen LogP contribution < -0.4 is 10.3 Å². The molecule has 0 atom stereocenters. The first-order valence-electron chi connectivity index (χ1n) is 9.13. The van der Waals surface area contributed by atoms with Crippen molar-refractivity contribution < 1.29 is 14.7 Å². The number of rotatable bonds is 4. The number of hydrogen-bond donors (Lipinski definition) is 3. The standard InChI is InChI=1S/C20H29N3O3S/c1-19(2,3)23(18(25)26)14-9-10-15-13(11-14)7-6-8-16(15)21-22-17(24)12-20(4,5)27/h9-11,27H,6-8,12H2,1-5H3,(H,22,24)(H,25,26)/b21-16-. The Bertz CT molecular complexity index is 761. The number of hydrazone groups is 1. The van der Waals surface area contributed by atoms with E-state index in [9.17, 15) is 14.7 Å². The molecule has 2 rings (SSSR count). The van der Waals surface area contributed by atoms with Crippen LogP contribution in [0.15, 0.2) is 23.3 Å². The highest BCUT2D eigenvalue weighted by Crippen LogP contribution is 2.30. The summed E-state index contributed by atoms with van der Waals surface area (Å²) in [6, 6.07) is 5.62. The van der Waals surface area contributed by atoms with Gasteiger partial charge in [0.25, 0.3) is 0 Å². The first-order chi connectivity index (χ1) is 12.4. The number of amides is 2. The molecule has 27 heavy (non-hydrogen) atoms. The van der Waals surface area contributed by atoms with Crippen molar-refractivity contribution in [3.8, 4) is 0 Å². The molecule has 1 aliphatic rings. The van der Waals surface area contributed by atoms with Crippen LogP contribution in [-0.2, 0) is 11.2 Å². The molecule has 0 saturated heterocycles. The molecular formula is C20H29N3O3S. The van der Waals surface area contributed by atoms with E-state index in [1.165, 1.54) is 4.90 Å². The lowest BCUT2D eigenvalue weighted by atomic mass is 9.89. The van der Waals surface area contributed by atoms with Crippen molar-refractivity contribution in [2.45, 2.75) is 70.6 Å². The van der Waals surface area contributed by atoms with Crippen LogP contribution in [-0.4, -0.2) is 33.1 Å². The molecule has 0 bridgehead atoms. The van der Waals surface area contributed by atoms with Gasteiger partial charge in [-0.3, -0.25) is 9.69 Å². The summed E-state index contributed by atoms with van der Waals surface area (Å²) in [4.78, 5) is 25.1. The van der Waals surface area contributed by atoms with E-state index < -0.39 is 16.4 Å². The molecule has 1 aliphatic carbocycles. The Morgan fingerprint density at radius 1 is 1.22 bits per heavy atom. The van der Waals surface area contributed by atoms with Crippen molar-refractivity contribution in [2.24, 2.45) is 5.10 Å². The number of nitrogens with one attached hydrogen (secondary N) is 1. The van der Waals surface area contributed by atoms with Gasteiger partial charge < -0.3 is 5.11 Å². The smallest absolute Gasteiger partial charge is 0.412 e. The Labute approximate surface area is 166 Å². The Morgan fingerprint density at radius 3 is 2.44 bits per heavy atom. The Hall–Kier alpha value is -2.02. The van der Waals surface area contributed by atoms with Crippen molar-refractivity contribution >= 4 is 36.0 Å². The van der Waals surface area contributed by atoms with Crippen LogP contribution in [0.2, 0.25) is 0 Å². The molecule has 148 valence electrons. The molecule has 0 radical (unpaired) electrons. The van der Waals surface area contributed by atoms with E-state index in [1.54, 1.807) is 6.07 Å². The fourth-order valence-corrected chi connectivity index (χ4v) is 3.40. The molecule has 0 heterocycles. The number of hydrogen-bond acceptors (Lipinski definition) is 4. The van der Waals surface area contributed by atoms with E-state index in [-0.39, 0.29) is 12.3 Å². The number of carboxylic acid groups (broad SMARTS) is 1. The topological polar surface area (TPSA) is 82.0 Å². The largest absolute Gasteiger partial charge is 0.465 e. The highest BCUT2D eigenvalue weighted by atomic mass is 32.1. The zero-order chi connectivity index (χ0) is 20.4. The average molecular weight is 392 g/mol. The van der Waals surface area contributed by atoms with Gasteiger partial charge in [0.1, 0.15) is 0 Å². The molecule has 7 heteroatoms. The van der Waals surface area contributed by atoms with Crippen molar-refractivity contribution in [3.05, 3.63) is 29.3 Å². The molecule has 0 unspecified atom stereocenters. The minimum Gasteiger partial charge on any atom is -0.465 e. The number of anilines is 1. The van der Waals surface area contributed by atoms with Gasteiger partial charge in [-0.2, -0.15) is 17.7 Å². The number of aryl methyl sites for hydroxylation is 1. The molecule has 0 fully saturated rings. The van der Waals surface area contributed by atoms with Crippen LogP contribution in [0.3, 0.4) is 0 Å². The maximum Gasteiger partial charge on any atom is 0.412 e.